The Labute approximate surface area is 200 Å². The molecule has 4 N–H and O–H groups in total. The minimum Gasteiger partial charge on any atom is -0.384 e. The van der Waals surface area contributed by atoms with Crippen LogP contribution in [0.3, 0.4) is 0 Å². The predicted octanol–water partition coefficient (Wildman–Crippen LogP) is 5.93. The normalized spacial score (nSPS) is 12.3. The van der Waals surface area contributed by atoms with Crippen LogP contribution in [0.4, 0.5) is 5.82 Å². The molecule has 5 rings (SSSR count). The molecule has 0 unspecified atom stereocenters. The summed E-state index contributed by atoms with van der Waals surface area (Å²) in [6, 6.07) is 19.6. The highest BCUT2D eigenvalue weighted by molar-refractivity contribution is 5.95. The zero-order chi connectivity index (χ0) is 24.0. The van der Waals surface area contributed by atoms with Crippen molar-refractivity contribution in [3.63, 3.8) is 0 Å². The lowest BCUT2D eigenvalue weighted by Gasteiger charge is -2.21. The summed E-state index contributed by atoms with van der Waals surface area (Å²) in [4.78, 5) is 18.0. The van der Waals surface area contributed by atoms with Crippen molar-refractivity contribution in [3.8, 4) is 11.3 Å². The van der Waals surface area contributed by atoms with E-state index in [9.17, 15) is 0 Å². The summed E-state index contributed by atoms with van der Waals surface area (Å²) in [5.74, 6) is 1.30. The van der Waals surface area contributed by atoms with Crippen LogP contribution in [-0.2, 0) is 18.5 Å². The summed E-state index contributed by atoms with van der Waals surface area (Å²) in [5.41, 5.74) is 14.8. The molecule has 0 radical (unpaired) electrons. The van der Waals surface area contributed by atoms with E-state index in [4.69, 9.17) is 5.73 Å². The molecule has 0 saturated heterocycles. The van der Waals surface area contributed by atoms with E-state index in [0.29, 0.717) is 11.5 Å². The molecule has 3 heterocycles. The Morgan fingerprint density at radius 3 is 2.32 bits per heavy atom. The van der Waals surface area contributed by atoms with Crippen LogP contribution < -0.4 is 5.73 Å². The second-order valence-corrected chi connectivity index (χ2v) is 10.3. The molecule has 0 saturated carbocycles. The molecule has 174 valence electrons. The second kappa shape index (κ2) is 8.29. The zero-order valence-electron chi connectivity index (χ0n) is 20.5. The molecule has 5 aromatic rings. The molecule has 0 atom stereocenters. The number of nitrogens with one attached hydrogen (secondary N) is 2. The summed E-state index contributed by atoms with van der Waals surface area (Å²) in [6.45, 7) is 10.5. The van der Waals surface area contributed by atoms with Gasteiger partial charge in [-0.2, -0.15) is 0 Å². The van der Waals surface area contributed by atoms with Gasteiger partial charge in [-0.05, 0) is 60.3 Å². The molecular weight excluding hydrogens is 420 g/mol. The number of aryl methyl sites for hydroxylation is 1. The molecule has 2 aromatic carbocycles. The molecule has 6 heteroatoms. The largest absolute Gasteiger partial charge is 0.384 e. The number of aromatic nitrogens is 4. The number of fused-ring (bicyclic) bond motifs is 2. The van der Waals surface area contributed by atoms with Crippen LogP contribution in [0, 0.1) is 6.92 Å². The van der Waals surface area contributed by atoms with Crippen molar-refractivity contribution < 1.29 is 0 Å². The average molecular weight is 453 g/mol. The average Bonchev–Trinajstić information content (AvgIpc) is 3.35. The Kier molecular flexibility index (Phi) is 5.41. The number of anilines is 1. The minimum atomic E-state index is 0.180. The van der Waals surface area contributed by atoms with E-state index in [2.05, 4.69) is 101 Å². The van der Waals surface area contributed by atoms with Gasteiger partial charge in [0.2, 0.25) is 0 Å². The lowest BCUT2D eigenvalue weighted by molar-refractivity contribution is 0.319. The third kappa shape index (κ3) is 4.41. The number of hydrogen-bond donors (Lipinski definition) is 3. The van der Waals surface area contributed by atoms with E-state index in [1.807, 2.05) is 13.0 Å². The monoisotopic (exact) mass is 452 g/mol. The molecule has 0 aliphatic heterocycles. The molecule has 6 nitrogen and oxygen atoms in total. The third-order valence-electron chi connectivity index (χ3n) is 6.29. The van der Waals surface area contributed by atoms with Crippen LogP contribution in [0.1, 0.15) is 43.3 Å². The van der Waals surface area contributed by atoms with Crippen LogP contribution >= 0.6 is 0 Å². The highest BCUT2D eigenvalue weighted by Crippen LogP contribution is 2.31. The number of H-pyrrole nitrogens is 2. The van der Waals surface area contributed by atoms with Crippen LogP contribution in [0.25, 0.3) is 33.3 Å². The molecule has 0 fully saturated rings. The fraction of sp³-hybridized carbons (Fsp3) is 0.286. The molecule has 0 bridgehead atoms. The van der Waals surface area contributed by atoms with Gasteiger partial charge in [0.05, 0.1) is 0 Å². The highest BCUT2D eigenvalue weighted by atomic mass is 15.1. The van der Waals surface area contributed by atoms with Crippen LogP contribution in [0.15, 0.2) is 54.6 Å². The molecule has 0 spiro atoms. The molecular formula is C28H32N6. The Balaban J connectivity index is 1.36. The van der Waals surface area contributed by atoms with Crippen molar-refractivity contribution in [2.45, 2.75) is 46.2 Å². The van der Waals surface area contributed by atoms with Gasteiger partial charge in [-0.25, -0.2) is 9.97 Å². The Morgan fingerprint density at radius 2 is 1.59 bits per heavy atom. The third-order valence-corrected chi connectivity index (χ3v) is 6.29. The number of imidazole rings is 1. The Hall–Kier alpha value is -3.64. The Bertz CT molecular complexity index is 1470. The van der Waals surface area contributed by atoms with Crippen LogP contribution in [-0.4, -0.2) is 31.9 Å². The molecule has 3 aromatic heterocycles. The van der Waals surface area contributed by atoms with Crippen LogP contribution in [0.2, 0.25) is 0 Å². The topological polar surface area (TPSA) is 86.6 Å². The maximum absolute atomic E-state index is 6.06. The van der Waals surface area contributed by atoms with Gasteiger partial charge in [0.1, 0.15) is 17.2 Å². The van der Waals surface area contributed by atoms with E-state index >= 15 is 0 Å². The quantitative estimate of drug-likeness (QED) is 0.309. The van der Waals surface area contributed by atoms with Crippen molar-refractivity contribution in [2.24, 2.45) is 0 Å². The van der Waals surface area contributed by atoms with Crippen molar-refractivity contribution >= 4 is 27.9 Å². The standard InChI is InChI=1S/C28H32N6/c1-17-30-26-22(14-25(29)33-27(26)31-17)24-13-20-12-19(8-11-23(20)32-24)16-34(5)15-18-6-9-21(10-7-18)28(2,3)4/h6-14,32H,15-16H2,1-5H3,(H3,29,30,31,33). The number of pyridine rings is 1. The van der Waals surface area contributed by atoms with Crippen molar-refractivity contribution in [1.82, 2.24) is 24.8 Å². The van der Waals surface area contributed by atoms with Crippen LogP contribution in [0.5, 0.6) is 0 Å². The molecule has 0 amide bonds. The molecule has 0 aliphatic rings. The summed E-state index contributed by atoms with van der Waals surface area (Å²) in [5, 5.41) is 1.17. The van der Waals surface area contributed by atoms with E-state index in [0.717, 1.165) is 41.2 Å². The summed E-state index contributed by atoms with van der Waals surface area (Å²) >= 11 is 0. The first kappa shape index (κ1) is 22.2. The maximum Gasteiger partial charge on any atom is 0.160 e. The number of aromatic amines is 2. The lowest BCUT2D eigenvalue weighted by Crippen LogP contribution is -2.17. The summed E-state index contributed by atoms with van der Waals surface area (Å²) < 4.78 is 0. The fourth-order valence-corrected chi connectivity index (χ4v) is 4.55. The molecule has 0 aliphatic carbocycles. The minimum absolute atomic E-state index is 0.180. The number of benzene rings is 2. The van der Waals surface area contributed by atoms with Crippen molar-refractivity contribution in [3.05, 3.63) is 77.1 Å². The van der Waals surface area contributed by atoms with Crippen molar-refractivity contribution in [1.29, 1.82) is 0 Å². The number of hydrogen-bond acceptors (Lipinski definition) is 4. The zero-order valence-corrected chi connectivity index (χ0v) is 20.5. The first-order valence-electron chi connectivity index (χ1n) is 11.7. The number of rotatable bonds is 5. The predicted molar refractivity (Wildman–Crippen MR) is 141 cm³/mol. The fourth-order valence-electron chi connectivity index (χ4n) is 4.55. The highest BCUT2D eigenvalue weighted by Gasteiger charge is 2.15. The SMILES string of the molecule is Cc1nc2c(-c3cc4cc(CN(C)Cc5ccc(C(C)(C)C)cc5)ccc4[nH]3)cc(N)nc2[nH]1. The Morgan fingerprint density at radius 1 is 0.882 bits per heavy atom. The van der Waals surface area contributed by atoms with Gasteiger partial charge in [0.15, 0.2) is 5.65 Å². The van der Waals surface area contributed by atoms with Gasteiger partial charge < -0.3 is 15.7 Å². The van der Waals surface area contributed by atoms with Gasteiger partial charge in [0.25, 0.3) is 0 Å². The number of nitrogen functional groups attached to an aromatic ring is 1. The van der Waals surface area contributed by atoms with Gasteiger partial charge in [-0.15, -0.1) is 0 Å². The number of nitrogens with zero attached hydrogens (tertiary/aromatic N) is 3. The number of nitrogens with two attached hydrogens (primary N) is 1. The maximum atomic E-state index is 6.06. The smallest absolute Gasteiger partial charge is 0.160 e. The first-order chi connectivity index (χ1) is 16.2. The first-order valence-corrected chi connectivity index (χ1v) is 11.7. The van der Waals surface area contributed by atoms with E-state index < -0.39 is 0 Å². The summed E-state index contributed by atoms with van der Waals surface area (Å²) in [6.07, 6.45) is 0. The van der Waals surface area contributed by atoms with Gasteiger partial charge in [-0.1, -0.05) is 51.1 Å². The van der Waals surface area contributed by atoms with Gasteiger partial charge in [-0.3, -0.25) is 4.90 Å². The summed E-state index contributed by atoms with van der Waals surface area (Å²) in [7, 11) is 2.17. The second-order valence-electron chi connectivity index (χ2n) is 10.3. The van der Waals surface area contributed by atoms with Gasteiger partial charge in [0, 0.05) is 35.2 Å². The van der Waals surface area contributed by atoms with E-state index in [1.165, 1.54) is 22.1 Å². The van der Waals surface area contributed by atoms with E-state index in [-0.39, 0.29) is 5.41 Å². The lowest BCUT2D eigenvalue weighted by atomic mass is 9.87. The van der Waals surface area contributed by atoms with Crippen molar-refractivity contribution in [2.75, 3.05) is 12.8 Å². The van der Waals surface area contributed by atoms with E-state index in [1.54, 1.807) is 0 Å². The molecule has 34 heavy (non-hydrogen) atoms. The van der Waals surface area contributed by atoms with Gasteiger partial charge >= 0.3 is 0 Å².